The lowest BCUT2D eigenvalue weighted by Crippen LogP contribution is -2.26. The van der Waals surface area contributed by atoms with E-state index in [2.05, 4.69) is 54.4 Å². The monoisotopic (exact) mass is 377 g/mol. The number of aromatic nitrogens is 2. The summed E-state index contributed by atoms with van der Waals surface area (Å²) in [4.78, 5) is 2.50. The highest BCUT2D eigenvalue weighted by molar-refractivity contribution is 5.65. The zero-order valence-corrected chi connectivity index (χ0v) is 16.3. The van der Waals surface area contributed by atoms with Gasteiger partial charge >= 0.3 is 0 Å². The van der Waals surface area contributed by atoms with E-state index in [4.69, 9.17) is 14.9 Å². The van der Waals surface area contributed by atoms with Gasteiger partial charge in [0.1, 0.15) is 12.4 Å². The normalized spacial score (nSPS) is 14.5. The van der Waals surface area contributed by atoms with Crippen LogP contribution in [0.25, 0.3) is 11.3 Å². The molecule has 5 heteroatoms. The molecule has 2 aromatic carbocycles. The molecule has 0 aliphatic carbocycles. The van der Waals surface area contributed by atoms with E-state index in [1.807, 2.05) is 16.8 Å². The summed E-state index contributed by atoms with van der Waals surface area (Å²) in [7, 11) is 2.05. The van der Waals surface area contributed by atoms with E-state index in [1.54, 1.807) is 0 Å². The summed E-state index contributed by atoms with van der Waals surface area (Å²) < 4.78 is 7.49. The summed E-state index contributed by atoms with van der Waals surface area (Å²) >= 11 is 0. The number of aliphatic hydroxyl groups excluding tert-OH is 1. The van der Waals surface area contributed by atoms with Gasteiger partial charge in [-0.05, 0) is 24.1 Å². The molecule has 2 heterocycles. The van der Waals surface area contributed by atoms with Crippen molar-refractivity contribution in [3.63, 3.8) is 0 Å². The molecule has 1 aliphatic heterocycles. The van der Waals surface area contributed by atoms with Gasteiger partial charge in [-0.15, -0.1) is 0 Å². The Morgan fingerprint density at radius 1 is 1.00 bits per heavy atom. The Bertz CT molecular complexity index is 904. The minimum atomic E-state index is 0.0371. The van der Waals surface area contributed by atoms with E-state index in [9.17, 15) is 0 Å². The van der Waals surface area contributed by atoms with Crippen molar-refractivity contribution in [3.8, 4) is 17.0 Å². The molecule has 5 nitrogen and oxygen atoms in total. The molecule has 0 saturated heterocycles. The Hall–Kier alpha value is -2.63. The molecule has 0 radical (unpaired) electrons. The number of hydrogen-bond donors (Lipinski definition) is 1. The maximum absolute atomic E-state index is 8.85. The van der Waals surface area contributed by atoms with Crippen molar-refractivity contribution in [3.05, 3.63) is 71.4 Å². The highest BCUT2D eigenvalue weighted by Gasteiger charge is 2.22. The van der Waals surface area contributed by atoms with Crippen LogP contribution < -0.4 is 4.74 Å². The lowest BCUT2D eigenvalue weighted by Gasteiger charge is -2.20. The van der Waals surface area contributed by atoms with E-state index in [-0.39, 0.29) is 6.61 Å². The number of aryl methyl sites for hydroxylation is 1. The summed E-state index contributed by atoms with van der Waals surface area (Å²) in [6, 6.07) is 18.7. The first kappa shape index (κ1) is 18.7. The standard InChI is InChI=1S/C23H27N3O2/c1-25-23(19-5-3-2-4-6-19)21-11-13-26(14-12-22(21)24-25)17-18-7-9-20(10-8-18)28-16-15-27/h2-10,27H,11-17H2,1H3. The number of rotatable bonds is 6. The van der Waals surface area contributed by atoms with Gasteiger partial charge < -0.3 is 9.84 Å². The molecule has 1 aromatic heterocycles. The van der Waals surface area contributed by atoms with Crippen LogP contribution >= 0.6 is 0 Å². The van der Waals surface area contributed by atoms with Crippen LogP contribution in [-0.4, -0.2) is 46.1 Å². The molecule has 146 valence electrons. The molecular formula is C23H27N3O2. The first-order chi connectivity index (χ1) is 13.7. The van der Waals surface area contributed by atoms with Gasteiger partial charge in [-0.2, -0.15) is 5.10 Å². The van der Waals surface area contributed by atoms with E-state index in [1.165, 1.54) is 28.1 Å². The molecule has 1 aliphatic rings. The second-order valence-electron chi connectivity index (χ2n) is 7.26. The molecule has 0 saturated carbocycles. The summed E-state index contributed by atoms with van der Waals surface area (Å²) in [5.41, 5.74) is 6.40. The molecule has 0 spiro atoms. The highest BCUT2D eigenvalue weighted by atomic mass is 16.5. The van der Waals surface area contributed by atoms with Crippen molar-refractivity contribution < 1.29 is 9.84 Å². The Kier molecular flexibility index (Phi) is 5.74. The topological polar surface area (TPSA) is 50.5 Å². The quantitative estimate of drug-likeness (QED) is 0.717. The van der Waals surface area contributed by atoms with E-state index in [0.29, 0.717) is 6.61 Å². The molecule has 0 unspecified atom stereocenters. The number of ether oxygens (including phenoxy) is 1. The van der Waals surface area contributed by atoms with Gasteiger partial charge in [-0.3, -0.25) is 9.58 Å². The fourth-order valence-electron chi connectivity index (χ4n) is 3.96. The van der Waals surface area contributed by atoms with Gasteiger partial charge in [-0.25, -0.2) is 0 Å². The van der Waals surface area contributed by atoms with Crippen LogP contribution in [-0.2, 0) is 26.4 Å². The molecule has 0 amide bonds. The summed E-state index contributed by atoms with van der Waals surface area (Å²) in [5, 5.41) is 13.7. The smallest absolute Gasteiger partial charge is 0.119 e. The maximum atomic E-state index is 8.85. The first-order valence-corrected chi connectivity index (χ1v) is 9.89. The lowest BCUT2D eigenvalue weighted by molar-refractivity contribution is 0.201. The molecule has 28 heavy (non-hydrogen) atoms. The number of benzene rings is 2. The lowest BCUT2D eigenvalue weighted by atomic mass is 10.0. The third kappa shape index (κ3) is 4.11. The van der Waals surface area contributed by atoms with Gasteiger partial charge in [0.05, 0.1) is 18.0 Å². The fourth-order valence-corrected chi connectivity index (χ4v) is 3.96. The van der Waals surface area contributed by atoms with Crippen molar-refractivity contribution in [2.24, 2.45) is 7.05 Å². The highest BCUT2D eigenvalue weighted by Crippen LogP contribution is 2.28. The molecule has 0 fully saturated rings. The molecule has 3 aromatic rings. The predicted octanol–water partition coefficient (Wildman–Crippen LogP) is 3.06. The fraction of sp³-hybridized carbons (Fsp3) is 0.348. The largest absolute Gasteiger partial charge is 0.491 e. The summed E-state index contributed by atoms with van der Waals surface area (Å²) in [6.07, 6.45) is 2.00. The molecule has 0 bridgehead atoms. The van der Waals surface area contributed by atoms with Crippen LogP contribution in [0.4, 0.5) is 0 Å². The molecular weight excluding hydrogens is 350 g/mol. The Morgan fingerprint density at radius 2 is 1.75 bits per heavy atom. The molecule has 1 N–H and O–H groups in total. The Morgan fingerprint density at radius 3 is 2.50 bits per heavy atom. The van der Waals surface area contributed by atoms with Crippen LogP contribution in [0.2, 0.25) is 0 Å². The van der Waals surface area contributed by atoms with Gasteiger partial charge in [-0.1, -0.05) is 42.5 Å². The van der Waals surface area contributed by atoms with Gasteiger partial charge in [0.15, 0.2) is 0 Å². The first-order valence-electron chi connectivity index (χ1n) is 9.89. The minimum Gasteiger partial charge on any atom is -0.491 e. The zero-order valence-electron chi connectivity index (χ0n) is 16.3. The van der Waals surface area contributed by atoms with Crippen LogP contribution in [0.1, 0.15) is 16.8 Å². The molecule has 4 rings (SSSR count). The van der Waals surface area contributed by atoms with Gasteiger partial charge in [0, 0.05) is 44.2 Å². The third-order valence-electron chi connectivity index (χ3n) is 5.31. The van der Waals surface area contributed by atoms with Crippen molar-refractivity contribution >= 4 is 0 Å². The second-order valence-corrected chi connectivity index (χ2v) is 7.26. The van der Waals surface area contributed by atoms with Crippen LogP contribution in [0.5, 0.6) is 5.75 Å². The van der Waals surface area contributed by atoms with Crippen LogP contribution in [0.15, 0.2) is 54.6 Å². The molecule has 0 atom stereocenters. The van der Waals surface area contributed by atoms with E-state index in [0.717, 1.165) is 38.2 Å². The van der Waals surface area contributed by atoms with Crippen LogP contribution in [0.3, 0.4) is 0 Å². The van der Waals surface area contributed by atoms with Gasteiger partial charge in [0.25, 0.3) is 0 Å². The average Bonchev–Trinajstić information content (AvgIpc) is 2.93. The Labute approximate surface area is 166 Å². The summed E-state index contributed by atoms with van der Waals surface area (Å²) in [6.45, 7) is 3.34. The average molecular weight is 377 g/mol. The minimum absolute atomic E-state index is 0.0371. The number of aliphatic hydroxyl groups is 1. The van der Waals surface area contributed by atoms with E-state index >= 15 is 0 Å². The maximum Gasteiger partial charge on any atom is 0.119 e. The van der Waals surface area contributed by atoms with Crippen molar-refractivity contribution in [1.82, 2.24) is 14.7 Å². The predicted molar refractivity (Wildman–Crippen MR) is 110 cm³/mol. The Balaban J connectivity index is 1.44. The van der Waals surface area contributed by atoms with Crippen molar-refractivity contribution in [2.75, 3.05) is 26.3 Å². The third-order valence-corrected chi connectivity index (χ3v) is 5.31. The summed E-state index contributed by atoms with van der Waals surface area (Å²) in [5.74, 6) is 0.804. The number of fused-ring (bicyclic) bond motifs is 1. The number of hydrogen-bond acceptors (Lipinski definition) is 4. The zero-order chi connectivity index (χ0) is 19.3. The van der Waals surface area contributed by atoms with Crippen molar-refractivity contribution in [1.29, 1.82) is 0 Å². The van der Waals surface area contributed by atoms with Gasteiger partial charge in [0.2, 0.25) is 0 Å². The van der Waals surface area contributed by atoms with Crippen molar-refractivity contribution in [2.45, 2.75) is 19.4 Å². The second kappa shape index (κ2) is 8.59. The SMILES string of the molecule is Cn1nc2c(c1-c1ccccc1)CCN(Cc1ccc(OCCO)cc1)CC2. The van der Waals surface area contributed by atoms with E-state index < -0.39 is 0 Å². The number of nitrogens with zero attached hydrogens (tertiary/aromatic N) is 3. The van der Waals surface area contributed by atoms with Crippen LogP contribution in [0, 0.1) is 0 Å².